The van der Waals surface area contributed by atoms with E-state index in [2.05, 4.69) is 16.1 Å². The lowest BCUT2D eigenvalue weighted by atomic mass is 9.97. The van der Waals surface area contributed by atoms with Gasteiger partial charge >= 0.3 is 0 Å². The van der Waals surface area contributed by atoms with E-state index in [4.69, 9.17) is 4.74 Å². The highest BCUT2D eigenvalue weighted by Gasteiger charge is 2.20. The summed E-state index contributed by atoms with van der Waals surface area (Å²) < 4.78 is 33.0. The lowest BCUT2D eigenvalue weighted by molar-refractivity contribution is 0.0940. The predicted molar refractivity (Wildman–Crippen MR) is 102 cm³/mol. The quantitative estimate of drug-likeness (QED) is 0.679. The Morgan fingerprint density at radius 3 is 2.65 bits per heavy atom. The molecule has 1 aromatic carbocycles. The molecule has 0 atom stereocenters. The molecule has 1 aliphatic rings. The Hall–Kier alpha value is -1.86. The van der Waals surface area contributed by atoms with Gasteiger partial charge in [-0.15, -0.1) is 0 Å². The van der Waals surface area contributed by atoms with Gasteiger partial charge in [-0.25, -0.2) is 13.1 Å². The zero-order valence-electron chi connectivity index (χ0n) is 15.7. The summed E-state index contributed by atoms with van der Waals surface area (Å²) in [5.74, 6) is -0.0178. The Bertz CT molecular complexity index is 770. The second-order valence-electron chi connectivity index (χ2n) is 6.75. The van der Waals surface area contributed by atoms with Crippen molar-refractivity contribution in [2.24, 2.45) is 0 Å². The molecule has 7 heteroatoms. The van der Waals surface area contributed by atoms with E-state index in [1.807, 2.05) is 13.8 Å². The Balaban J connectivity index is 2.12. The first-order chi connectivity index (χ1) is 12.3. The number of sulfonamides is 1. The van der Waals surface area contributed by atoms with Crippen LogP contribution in [-0.2, 0) is 10.0 Å². The number of nitrogens with one attached hydrogen (secondary N) is 2. The van der Waals surface area contributed by atoms with Crippen LogP contribution in [0.2, 0.25) is 0 Å². The van der Waals surface area contributed by atoms with E-state index in [9.17, 15) is 13.2 Å². The summed E-state index contributed by atoms with van der Waals surface area (Å²) in [7, 11) is -2.23. The van der Waals surface area contributed by atoms with E-state index >= 15 is 0 Å². The number of rotatable bonds is 8. The Morgan fingerprint density at radius 2 is 2.04 bits per heavy atom. The molecule has 1 amide bonds. The van der Waals surface area contributed by atoms with Crippen molar-refractivity contribution < 1.29 is 17.9 Å². The van der Waals surface area contributed by atoms with E-state index in [0.29, 0.717) is 12.3 Å². The van der Waals surface area contributed by atoms with Crippen molar-refractivity contribution in [2.75, 3.05) is 13.7 Å². The largest absolute Gasteiger partial charge is 0.496 e. The minimum atomic E-state index is -3.68. The Morgan fingerprint density at radius 1 is 1.27 bits per heavy atom. The maximum absolute atomic E-state index is 12.6. The van der Waals surface area contributed by atoms with Crippen molar-refractivity contribution >= 4 is 15.9 Å². The summed E-state index contributed by atoms with van der Waals surface area (Å²) in [4.78, 5) is 12.4. The summed E-state index contributed by atoms with van der Waals surface area (Å²) in [5, 5.41) is 2.76. The molecular weight excluding hydrogens is 352 g/mol. The van der Waals surface area contributed by atoms with E-state index < -0.39 is 10.0 Å². The maximum atomic E-state index is 12.6. The van der Waals surface area contributed by atoms with Crippen LogP contribution in [0, 0.1) is 0 Å². The highest BCUT2D eigenvalue weighted by molar-refractivity contribution is 7.89. The smallest absolute Gasteiger partial charge is 0.255 e. The topological polar surface area (TPSA) is 84.5 Å². The van der Waals surface area contributed by atoms with Gasteiger partial charge in [0, 0.05) is 12.6 Å². The van der Waals surface area contributed by atoms with Gasteiger partial charge in [-0.05, 0) is 64.2 Å². The fraction of sp³-hybridized carbons (Fsp3) is 0.526. The van der Waals surface area contributed by atoms with Gasteiger partial charge in [-0.2, -0.15) is 0 Å². The van der Waals surface area contributed by atoms with Gasteiger partial charge < -0.3 is 10.1 Å². The van der Waals surface area contributed by atoms with Gasteiger partial charge in [-0.1, -0.05) is 11.6 Å². The van der Waals surface area contributed by atoms with Crippen molar-refractivity contribution in [3.63, 3.8) is 0 Å². The number of hydrogen-bond acceptors (Lipinski definition) is 4. The minimum absolute atomic E-state index is 0.0600. The van der Waals surface area contributed by atoms with Crippen molar-refractivity contribution in [3.05, 3.63) is 35.4 Å². The van der Waals surface area contributed by atoms with E-state index in [-0.39, 0.29) is 22.4 Å². The van der Waals surface area contributed by atoms with Crippen LogP contribution in [0.5, 0.6) is 5.75 Å². The molecule has 0 heterocycles. The second kappa shape index (κ2) is 9.19. The zero-order valence-corrected chi connectivity index (χ0v) is 16.5. The molecule has 0 saturated heterocycles. The Kier molecular flexibility index (Phi) is 7.23. The van der Waals surface area contributed by atoms with Gasteiger partial charge in [0.05, 0.1) is 17.6 Å². The van der Waals surface area contributed by atoms with Gasteiger partial charge in [-0.3, -0.25) is 4.79 Å². The highest BCUT2D eigenvalue weighted by Crippen LogP contribution is 2.23. The number of benzene rings is 1. The fourth-order valence-electron chi connectivity index (χ4n) is 2.93. The molecule has 0 aliphatic heterocycles. The number of methoxy groups -OCH3 is 1. The van der Waals surface area contributed by atoms with Gasteiger partial charge in [0.1, 0.15) is 5.75 Å². The van der Waals surface area contributed by atoms with Crippen LogP contribution in [0.4, 0.5) is 0 Å². The zero-order chi connectivity index (χ0) is 19.2. The first-order valence-electron chi connectivity index (χ1n) is 9.00. The van der Waals surface area contributed by atoms with Crippen LogP contribution < -0.4 is 14.8 Å². The van der Waals surface area contributed by atoms with Crippen molar-refractivity contribution in [1.29, 1.82) is 0 Å². The maximum Gasteiger partial charge on any atom is 0.255 e. The highest BCUT2D eigenvalue weighted by atomic mass is 32.2. The SMILES string of the molecule is COc1ccc(S(=O)(=O)NCCC2=CCCCC2)cc1C(=O)NC(C)C. The Labute approximate surface area is 156 Å². The van der Waals surface area contributed by atoms with E-state index in [1.54, 1.807) is 0 Å². The summed E-state index contributed by atoms with van der Waals surface area (Å²) in [6.45, 7) is 4.03. The fourth-order valence-corrected chi connectivity index (χ4v) is 3.99. The lowest BCUT2D eigenvalue weighted by Crippen LogP contribution is -2.31. The number of hydrogen-bond donors (Lipinski definition) is 2. The summed E-state index contributed by atoms with van der Waals surface area (Å²) in [5.41, 5.74) is 1.52. The number of allylic oxidation sites excluding steroid dienone is 1. The van der Waals surface area contributed by atoms with Crippen LogP contribution in [0.3, 0.4) is 0 Å². The third-order valence-corrected chi connectivity index (χ3v) is 5.73. The number of carbonyl (C=O) groups excluding carboxylic acids is 1. The molecule has 2 N–H and O–H groups in total. The molecule has 0 radical (unpaired) electrons. The molecular formula is C19H28N2O4S. The number of carbonyl (C=O) groups is 1. The molecule has 0 saturated carbocycles. The average molecular weight is 381 g/mol. The molecule has 0 fully saturated rings. The first kappa shape index (κ1) is 20.5. The molecule has 1 aromatic rings. The normalized spacial score (nSPS) is 14.8. The van der Waals surface area contributed by atoms with Crippen molar-refractivity contribution in [3.8, 4) is 5.75 Å². The molecule has 6 nitrogen and oxygen atoms in total. The molecule has 2 rings (SSSR count). The molecule has 0 spiro atoms. The van der Waals surface area contributed by atoms with Gasteiger partial charge in [0.15, 0.2) is 0 Å². The molecule has 0 unspecified atom stereocenters. The second-order valence-corrected chi connectivity index (χ2v) is 8.51. The van der Waals surface area contributed by atoms with Crippen molar-refractivity contribution in [2.45, 2.75) is 56.9 Å². The third-order valence-electron chi connectivity index (χ3n) is 4.27. The third kappa shape index (κ3) is 5.57. The summed E-state index contributed by atoms with van der Waals surface area (Å²) in [6, 6.07) is 4.26. The molecule has 0 aromatic heterocycles. The minimum Gasteiger partial charge on any atom is -0.496 e. The van der Waals surface area contributed by atoms with Gasteiger partial charge in [0.25, 0.3) is 5.91 Å². The average Bonchev–Trinajstić information content (AvgIpc) is 2.61. The summed E-state index contributed by atoms with van der Waals surface area (Å²) in [6.07, 6.45) is 7.43. The van der Waals surface area contributed by atoms with E-state index in [0.717, 1.165) is 19.3 Å². The van der Waals surface area contributed by atoms with Gasteiger partial charge in [0.2, 0.25) is 10.0 Å². The number of ether oxygens (including phenoxy) is 1. The lowest BCUT2D eigenvalue weighted by Gasteiger charge is -2.15. The molecule has 26 heavy (non-hydrogen) atoms. The van der Waals surface area contributed by atoms with Crippen LogP contribution in [-0.4, -0.2) is 34.0 Å². The standard InChI is InChI=1S/C19H28N2O4S/c1-14(2)21-19(22)17-13-16(9-10-18(17)25-3)26(23,24)20-12-11-15-7-5-4-6-8-15/h7,9-10,13-14,20H,4-6,8,11-12H2,1-3H3,(H,21,22). The van der Waals surface area contributed by atoms with Crippen LogP contribution >= 0.6 is 0 Å². The van der Waals surface area contributed by atoms with Crippen LogP contribution in [0.15, 0.2) is 34.7 Å². The molecule has 144 valence electrons. The van der Waals surface area contributed by atoms with Crippen LogP contribution in [0.25, 0.3) is 0 Å². The monoisotopic (exact) mass is 380 g/mol. The first-order valence-corrected chi connectivity index (χ1v) is 10.5. The number of amides is 1. The van der Waals surface area contributed by atoms with Crippen molar-refractivity contribution in [1.82, 2.24) is 10.0 Å². The predicted octanol–water partition coefficient (Wildman–Crippen LogP) is 3.00. The van der Waals surface area contributed by atoms with E-state index in [1.165, 1.54) is 43.7 Å². The van der Waals surface area contributed by atoms with Crippen LogP contribution in [0.1, 0.15) is 56.3 Å². The molecule has 0 bridgehead atoms. The molecule has 1 aliphatic carbocycles. The summed E-state index contributed by atoms with van der Waals surface area (Å²) >= 11 is 0.